The monoisotopic (exact) mass is 433 g/mol. The number of rotatable bonds is 6. The summed E-state index contributed by atoms with van der Waals surface area (Å²) in [5, 5.41) is 2.96. The van der Waals surface area contributed by atoms with Crippen LogP contribution in [0.4, 0.5) is 25.0 Å². The molecule has 0 aliphatic carbocycles. The number of halogens is 3. The standard InChI is InChI=1S/C20H18F3N5O3/c1-11-7-13(8-26-17(11)31-10-20(21,22)23)12(2)28-9-15-14(18(28)29)3-4-24-16(15)27-19-25-5-6-30-19/h3-8,12H,9-10H2,1-2H3,(H,24,25,27). The van der Waals surface area contributed by atoms with Gasteiger partial charge in [-0.15, -0.1) is 0 Å². The average molecular weight is 433 g/mol. The molecule has 162 valence electrons. The summed E-state index contributed by atoms with van der Waals surface area (Å²) >= 11 is 0. The Morgan fingerprint density at radius 2 is 2.10 bits per heavy atom. The summed E-state index contributed by atoms with van der Waals surface area (Å²) in [6.07, 6.45) is 1.40. The summed E-state index contributed by atoms with van der Waals surface area (Å²) in [5.41, 5.74) is 2.33. The van der Waals surface area contributed by atoms with E-state index in [1.807, 2.05) is 6.92 Å². The number of alkyl halides is 3. The zero-order valence-electron chi connectivity index (χ0n) is 16.6. The molecule has 1 aliphatic heterocycles. The van der Waals surface area contributed by atoms with Crippen molar-refractivity contribution in [1.82, 2.24) is 19.9 Å². The first-order chi connectivity index (χ1) is 14.7. The minimum atomic E-state index is -4.45. The molecule has 0 fully saturated rings. The van der Waals surface area contributed by atoms with Crippen molar-refractivity contribution in [2.24, 2.45) is 0 Å². The number of hydrogen-bond donors (Lipinski definition) is 1. The maximum Gasteiger partial charge on any atom is 0.422 e. The van der Waals surface area contributed by atoms with E-state index < -0.39 is 12.8 Å². The number of anilines is 2. The van der Waals surface area contributed by atoms with Crippen molar-refractivity contribution < 1.29 is 27.1 Å². The molecule has 11 heteroatoms. The second-order valence-electron chi connectivity index (χ2n) is 7.05. The number of pyridine rings is 2. The lowest BCUT2D eigenvalue weighted by Gasteiger charge is -2.25. The van der Waals surface area contributed by atoms with Crippen LogP contribution in [0.1, 0.15) is 40.0 Å². The van der Waals surface area contributed by atoms with Gasteiger partial charge in [-0.2, -0.15) is 13.2 Å². The molecule has 0 bridgehead atoms. The molecular weight excluding hydrogens is 415 g/mol. The zero-order chi connectivity index (χ0) is 22.2. The van der Waals surface area contributed by atoms with Crippen LogP contribution in [0.15, 0.2) is 41.4 Å². The number of ether oxygens (including phenoxy) is 1. The predicted molar refractivity (Wildman–Crippen MR) is 103 cm³/mol. The highest BCUT2D eigenvalue weighted by Gasteiger charge is 2.34. The molecule has 31 heavy (non-hydrogen) atoms. The van der Waals surface area contributed by atoms with Gasteiger partial charge >= 0.3 is 6.18 Å². The van der Waals surface area contributed by atoms with Crippen molar-refractivity contribution in [3.63, 3.8) is 0 Å². The largest absolute Gasteiger partial charge is 0.468 e. The topological polar surface area (TPSA) is 93.4 Å². The predicted octanol–water partition coefficient (Wildman–Crippen LogP) is 4.17. The van der Waals surface area contributed by atoms with Gasteiger partial charge in [-0.05, 0) is 31.5 Å². The molecule has 1 amide bonds. The lowest BCUT2D eigenvalue weighted by Crippen LogP contribution is -2.27. The maximum absolute atomic E-state index is 13.0. The van der Waals surface area contributed by atoms with E-state index in [0.29, 0.717) is 28.1 Å². The van der Waals surface area contributed by atoms with E-state index in [-0.39, 0.29) is 30.4 Å². The third-order valence-corrected chi connectivity index (χ3v) is 4.91. The van der Waals surface area contributed by atoms with Crippen molar-refractivity contribution in [2.75, 3.05) is 11.9 Å². The number of oxazole rings is 1. The van der Waals surface area contributed by atoms with Gasteiger partial charge in [-0.25, -0.2) is 15.0 Å². The maximum atomic E-state index is 13.0. The number of aromatic nitrogens is 3. The number of hydrogen-bond acceptors (Lipinski definition) is 7. The Kier molecular flexibility index (Phi) is 5.25. The first-order valence-corrected chi connectivity index (χ1v) is 9.34. The van der Waals surface area contributed by atoms with Crippen LogP contribution in [-0.4, -0.2) is 38.5 Å². The smallest absolute Gasteiger partial charge is 0.422 e. The highest BCUT2D eigenvalue weighted by Crippen LogP contribution is 2.35. The van der Waals surface area contributed by atoms with Crippen LogP contribution in [-0.2, 0) is 6.54 Å². The molecule has 1 atom stereocenters. The fourth-order valence-corrected chi connectivity index (χ4v) is 3.35. The van der Waals surface area contributed by atoms with Crippen LogP contribution in [0.25, 0.3) is 0 Å². The lowest BCUT2D eigenvalue weighted by atomic mass is 10.1. The Bertz CT molecular complexity index is 1100. The molecule has 8 nitrogen and oxygen atoms in total. The summed E-state index contributed by atoms with van der Waals surface area (Å²) in [5.74, 6) is 0.189. The first kappa shape index (κ1) is 20.6. The summed E-state index contributed by atoms with van der Waals surface area (Å²) < 4.78 is 47.1. The number of aryl methyl sites for hydroxylation is 1. The molecule has 1 N–H and O–H groups in total. The number of carbonyl (C=O) groups excluding carboxylic acids is 1. The van der Waals surface area contributed by atoms with Gasteiger partial charge in [0.2, 0.25) is 5.88 Å². The van der Waals surface area contributed by atoms with Gasteiger partial charge in [-0.3, -0.25) is 10.1 Å². The molecule has 3 aromatic heterocycles. The zero-order valence-corrected chi connectivity index (χ0v) is 16.6. The van der Waals surface area contributed by atoms with E-state index in [9.17, 15) is 18.0 Å². The van der Waals surface area contributed by atoms with E-state index in [1.54, 1.807) is 24.0 Å². The quantitative estimate of drug-likeness (QED) is 0.623. The second-order valence-corrected chi connectivity index (χ2v) is 7.05. The Balaban J connectivity index is 1.53. The molecule has 0 radical (unpaired) electrons. The van der Waals surface area contributed by atoms with E-state index in [2.05, 4.69) is 20.3 Å². The van der Waals surface area contributed by atoms with Crippen LogP contribution < -0.4 is 10.1 Å². The number of fused-ring (bicyclic) bond motifs is 1. The fourth-order valence-electron chi connectivity index (χ4n) is 3.35. The Morgan fingerprint density at radius 3 is 2.77 bits per heavy atom. The van der Waals surface area contributed by atoms with Gasteiger partial charge < -0.3 is 14.1 Å². The van der Waals surface area contributed by atoms with Crippen molar-refractivity contribution in [2.45, 2.75) is 32.6 Å². The van der Waals surface area contributed by atoms with Crippen molar-refractivity contribution in [3.05, 3.63) is 59.2 Å². The van der Waals surface area contributed by atoms with Crippen LogP contribution in [0.2, 0.25) is 0 Å². The number of nitrogens with one attached hydrogen (secondary N) is 1. The third kappa shape index (κ3) is 4.30. The third-order valence-electron chi connectivity index (χ3n) is 4.91. The molecule has 0 saturated heterocycles. The van der Waals surface area contributed by atoms with Crippen LogP contribution >= 0.6 is 0 Å². The Hall–Kier alpha value is -3.63. The second kappa shape index (κ2) is 7.89. The van der Waals surface area contributed by atoms with E-state index in [1.165, 1.54) is 24.9 Å². The lowest BCUT2D eigenvalue weighted by molar-refractivity contribution is -0.154. The number of amides is 1. The average Bonchev–Trinajstić information content (AvgIpc) is 3.34. The van der Waals surface area contributed by atoms with Crippen LogP contribution in [0, 0.1) is 6.92 Å². The molecule has 0 spiro atoms. The van der Waals surface area contributed by atoms with Gasteiger partial charge in [0.1, 0.15) is 12.1 Å². The number of carbonyl (C=O) groups is 1. The normalized spacial score (nSPS) is 14.5. The van der Waals surface area contributed by atoms with Crippen molar-refractivity contribution in [1.29, 1.82) is 0 Å². The Labute approximate surface area is 175 Å². The van der Waals surface area contributed by atoms with Crippen molar-refractivity contribution in [3.8, 4) is 5.88 Å². The van der Waals surface area contributed by atoms with Gasteiger partial charge in [0.15, 0.2) is 6.61 Å². The number of nitrogens with zero attached hydrogens (tertiary/aromatic N) is 4. The SMILES string of the molecule is Cc1cc(C(C)N2Cc3c(ccnc3Nc3ncco3)C2=O)cnc1OCC(F)(F)F. The van der Waals surface area contributed by atoms with Crippen molar-refractivity contribution >= 4 is 17.7 Å². The highest BCUT2D eigenvalue weighted by atomic mass is 19.4. The minimum absolute atomic E-state index is 0.0917. The molecule has 0 saturated carbocycles. The molecule has 4 heterocycles. The molecule has 1 unspecified atom stereocenters. The molecule has 3 aromatic rings. The first-order valence-electron chi connectivity index (χ1n) is 9.34. The van der Waals surface area contributed by atoms with E-state index in [4.69, 9.17) is 9.15 Å². The van der Waals surface area contributed by atoms with Crippen LogP contribution in [0.5, 0.6) is 5.88 Å². The van der Waals surface area contributed by atoms with Crippen LogP contribution in [0.3, 0.4) is 0 Å². The summed E-state index contributed by atoms with van der Waals surface area (Å²) in [6, 6.07) is 3.19. The minimum Gasteiger partial charge on any atom is -0.468 e. The van der Waals surface area contributed by atoms with E-state index >= 15 is 0 Å². The summed E-state index contributed by atoms with van der Waals surface area (Å²) in [6.45, 7) is 2.31. The van der Waals surface area contributed by atoms with Gasteiger partial charge in [0, 0.05) is 29.1 Å². The molecule has 0 aromatic carbocycles. The van der Waals surface area contributed by atoms with E-state index in [0.717, 1.165) is 0 Å². The fraction of sp³-hybridized carbons (Fsp3) is 0.300. The highest BCUT2D eigenvalue weighted by molar-refractivity contribution is 6.00. The Morgan fingerprint density at radius 1 is 1.29 bits per heavy atom. The van der Waals surface area contributed by atoms with Gasteiger partial charge in [0.05, 0.1) is 18.8 Å². The molecule has 4 rings (SSSR count). The van der Waals surface area contributed by atoms with Gasteiger partial charge in [-0.1, -0.05) is 0 Å². The summed E-state index contributed by atoms with van der Waals surface area (Å²) in [7, 11) is 0. The van der Waals surface area contributed by atoms with Gasteiger partial charge in [0.25, 0.3) is 11.9 Å². The molecular formula is C20H18F3N5O3. The summed E-state index contributed by atoms with van der Waals surface area (Å²) in [4.78, 5) is 26.9. The molecule has 1 aliphatic rings.